The van der Waals surface area contributed by atoms with E-state index in [0.29, 0.717) is 30.7 Å². The van der Waals surface area contributed by atoms with E-state index in [1.165, 1.54) is 12.1 Å². The number of nitrogens with zero attached hydrogens (tertiary/aromatic N) is 3. The first-order valence-electron chi connectivity index (χ1n) is 8.78. The van der Waals surface area contributed by atoms with Crippen molar-refractivity contribution in [2.75, 3.05) is 13.1 Å². The van der Waals surface area contributed by atoms with E-state index in [1.807, 2.05) is 0 Å². The largest absolute Gasteiger partial charge is 0.352 e. The standard InChI is InChI=1S/C18H21FN4O2/c19-13-5-3-12(4-6-13)10-16-21-18(25-22-16)15-2-1-9-23(15)11-17(24)20-14-7-8-14/h3-6,14-15H,1-2,7-11H2,(H,20,24). The van der Waals surface area contributed by atoms with E-state index >= 15 is 0 Å². The minimum absolute atomic E-state index is 0.000536. The maximum absolute atomic E-state index is 13.0. The minimum Gasteiger partial charge on any atom is -0.352 e. The second-order valence-electron chi connectivity index (χ2n) is 6.82. The lowest BCUT2D eigenvalue weighted by Crippen LogP contribution is -2.37. The Morgan fingerprint density at radius 2 is 2.08 bits per heavy atom. The van der Waals surface area contributed by atoms with Crippen molar-refractivity contribution < 1.29 is 13.7 Å². The average molecular weight is 344 g/mol. The van der Waals surface area contributed by atoms with Crippen LogP contribution in [0.4, 0.5) is 4.39 Å². The molecule has 2 heterocycles. The van der Waals surface area contributed by atoms with Crippen molar-refractivity contribution in [3.05, 3.63) is 47.4 Å². The number of rotatable bonds is 6. The van der Waals surface area contributed by atoms with Crippen LogP contribution in [0.3, 0.4) is 0 Å². The predicted molar refractivity (Wildman–Crippen MR) is 88.2 cm³/mol. The molecule has 2 aromatic rings. The SMILES string of the molecule is O=C(CN1CCCC1c1nc(Cc2ccc(F)cc2)no1)NC1CC1. The van der Waals surface area contributed by atoms with Gasteiger partial charge in [-0.3, -0.25) is 9.69 Å². The fourth-order valence-corrected chi connectivity index (χ4v) is 3.24. The number of halogens is 1. The smallest absolute Gasteiger partial charge is 0.244 e. The second-order valence-corrected chi connectivity index (χ2v) is 6.82. The molecule has 7 heteroatoms. The summed E-state index contributed by atoms with van der Waals surface area (Å²) >= 11 is 0. The van der Waals surface area contributed by atoms with Gasteiger partial charge in [-0.25, -0.2) is 4.39 Å². The van der Waals surface area contributed by atoms with Crippen LogP contribution in [0.5, 0.6) is 0 Å². The summed E-state index contributed by atoms with van der Waals surface area (Å²) in [6.07, 6.45) is 4.60. The Kier molecular flexibility index (Phi) is 4.48. The van der Waals surface area contributed by atoms with Gasteiger partial charge in [0.1, 0.15) is 5.82 Å². The molecule has 0 bridgehead atoms. The molecule has 1 saturated carbocycles. The van der Waals surface area contributed by atoms with E-state index in [1.54, 1.807) is 12.1 Å². The zero-order chi connectivity index (χ0) is 17.2. The second kappa shape index (κ2) is 6.92. The van der Waals surface area contributed by atoms with E-state index in [-0.39, 0.29) is 17.8 Å². The Bertz CT molecular complexity index is 742. The predicted octanol–water partition coefficient (Wildman–Crippen LogP) is 2.21. The van der Waals surface area contributed by atoms with E-state index in [2.05, 4.69) is 20.4 Å². The first-order valence-corrected chi connectivity index (χ1v) is 8.78. The minimum atomic E-state index is -0.261. The normalized spacial score (nSPS) is 20.8. The number of carbonyl (C=O) groups is 1. The van der Waals surface area contributed by atoms with Crippen LogP contribution in [0.25, 0.3) is 0 Å². The molecule has 6 nitrogen and oxygen atoms in total. The van der Waals surface area contributed by atoms with Crippen LogP contribution < -0.4 is 5.32 Å². The Hall–Kier alpha value is -2.28. The van der Waals surface area contributed by atoms with Gasteiger partial charge in [-0.1, -0.05) is 17.3 Å². The van der Waals surface area contributed by atoms with E-state index in [4.69, 9.17) is 4.52 Å². The molecule has 4 rings (SSSR count). The Labute approximate surface area is 145 Å². The Morgan fingerprint density at radius 3 is 2.84 bits per heavy atom. The van der Waals surface area contributed by atoms with Crippen molar-refractivity contribution in [3.8, 4) is 0 Å². The van der Waals surface area contributed by atoms with E-state index in [0.717, 1.165) is 37.8 Å². The third kappa shape index (κ3) is 4.04. The molecule has 1 amide bonds. The van der Waals surface area contributed by atoms with Gasteiger partial charge in [-0.15, -0.1) is 0 Å². The molecule has 2 fully saturated rings. The average Bonchev–Trinajstić information content (AvgIpc) is 3.08. The number of benzene rings is 1. The monoisotopic (exact) mass is 344 g/mol. The Balaban J connectivity index is 1.39. The van der Waals surface area contributed by atoms with Crippen molar-refractivity contribution >= 4 is 5.91 Å². The summed E-state index contributed by atoms with van der Waals surface area (Å²) in [5, 5.41) is 7.06. The number of likely N-dealkylation sites (tertiary alicyclic amines) is 1. The highest BCUT2D eigenvalue weighted by Crippen LogP contribution is 2.30. The van der Waals surface area contributed by atoms with Gasteiger partial charge >= 0.3 is 0 Å². The van der Waals surface area contributed by atoms with Gasteiger partial charge in [-0.2, -0.15) is 4.98 Å². The van der Waals surface area contributed by atoms with Gasteiger partial charge in [0, 0.05) is 12.5 Å². The van der Waals surface area contributed by atoms with E-state index < -0.39 is 0 Å². The molecule has 1 saturated heterocycles. The highest BCUT2D eigenvalue weighted by atomic mass is 19.1. The van der Waals surface area contributed by atoms with Gasteiger partial charge in [-0.05, 0) is 49.9 Å². The summed E-state index contributed by atoms with van der Waals surface area (Å²) in [4.78, 5) is 18.7. The fourth-order valence-electron chi connectivity index (χ4n) is 3.24. The van der Waals surface area contributed by atoms with Crippen LogP contribution >= 0.6 is 0 Å². The van der Waals surface area contributed by atoms with E-state index in [9.17, 15) is 9.18 Å². The van der Waals surface area contributed by atoms with Gasteiger partial charge in [0.15, 0.2) is 5.82 Å². The van der Waals surface area contributed by atoms with Crippen LogP contribution in [0, 0.1) is 5.82 Å². The number of hydrogen-bond donors (Lipinski definition) is 1. The molecule has 1 N–H and O–H groups in total. The summed E-state index contributed by atoms with van der Waals surface area (Å²) < 4.78 is 18.4. The highest BCUT2D eigenvalue weighted by molar-refractivity contribution is 5.78. The third-order valence-corrected chi connectivity index (χ3v) is 4.70. The fraction of sp³-hybridized carbons (Fsp3) is 0.500. The number of hydrogen-bond acceptors (Lipinski definition) is 5. The number of amides is 1. The van der Waals surface area contributed by atoms with Gasteiger partial charge in [0.2, 0.25) is 11.8 Å². The molecule has 2 aliphatic rings. The van der Waals surface area contributed by atoms with Crippen LogP contribution in [0.15, 0.2) is 28.8 Å². The topological polar surface area (TPSA) is 71.3 Å². The van der Waals surface area contributed by atoms with Crippen molar-refractivity contribution in [1.29, 1.82) is 0 Å². The van der Waals surface area contributed by atoms with Gasteiger partial charge in [0.25, 0.3) is 0 Å². The van der Waals surface area contributed by atoms with Crippen LogP contribution in [0.2, 0.25) is 0 Å². The molecule has 132 valence electrons. The molecule has 0 radical (unpaired) electrons. The molecular weight excluding hydrogens is 323 g/mol. The third-order valence-electron chi connectivity index (χ3n) is 4.70. The lowest BCUT2D eigenvalue weighted by molar-refractivity contribution is -0.122. The molecule has 1 aliphatic heterocycles. The zero-order valence-electron chi connectivity index (χ0n) is 13.9. The van der Waals surface area contributed by atoms with Crippen molar-refractivity contribution in [3.63, 3.8) is 0 Å². The lowest BCUT2D eigenvalue weighted by atomic mass is 10.1. The lowest BCUT2D eigenvalue weighted by Gasteiger charge is -2.20. The summed E-state index contributed by atoms with van der Waals surface area (Å²) in [6.45, 7) is 1.23. The number of nitrogens with one attached hydrogen (secondary N) is 1. The number of carbonyl (C=O) groups excluding carboxylic acids is 1. The maximum Gasteiger partial charge on any atom is 0.244 e. The first-order chi connectivity index (χ1) is 12.2. The summed E-state index contributed by atoms with van der Waals surface area (Å²) in [5.41, 5.74) is 0.931. The quantitative estimate of drug-likeness (QED) is 0.870. The first kappa shape index (κ1) is 16.2. The summed E-state index contributed by atoms with van der Waals surface area (Å²) in [6, 6.07) is 6.66. The maximum atomic E-state index is 13.0. The van der Waals surface area contributed by atoms with Crippen molar-refractivity contribution in [2.45, 2.75) is 44.2 Å². The molecule has 1 aliphatic carbocycles. The molecule has 1 atom stereocenters. The summed E-state index contributed by atoms with van der Waals surface area (Å²) in [7, 11) is 0. The molecular formula is C18H21FN4O2. The number of aromatic nitrogens is 2. The molecule has 1 aromatic heterocycles. The van der Waals surface area contributed by atoms with Gasteiger partial charge in [0.05, 0.1) is 12.6 Å². The van der Waals surface area contributed by atoms with Crippen LogP contribution in [-0.4, -0.2) is 40.1 Å². The molecule has 25 heavy (non-hydrogen) atoms. The summed E-state index contributed by atoms with van der Waals surface area (Å²) in [5.74, 6) is 0.953. The van der Waals surface area contributed by atoms with Crippen molar-refractivity contribution in [2.24, 2.45) is 0 Å². The van der Waals surface area contributed by atoms with Crippen LogP contribution in [0.1, 0.15) is 49.0 Å². The van der Waals surface area contributed by atoms with Crippen LogP contribution in [-0.2, 0) is 11.2 Å². The molecule has 0 spiro atoms. The molecule has 1 unspecified atom stereocenters. The Morgan fingerprint density at radius 1 is 1.28 bits per heavy atom. The highest BCUT2D eigenvalue weighted by Gasteiger charge is 2.33. The molecule has 1 aromatic carbocycles. The zero-order valence-corrected chi connectivity index (χ0v) is 13.9. The van der Waals surface area contributed by atoms with Gasteiger partial charge < -0.3 is 9.84 Å². The van der Waals surface area contributed by atoms with Crippen molar-refractivity contribution in [1.82, 2.24) is 20.4 Å².